The van der Waals surface area contributed by atoms with E-state index >= 15 is 0 Å². The molecule has 39 heavy (non-hydrogen) atoms. The summed E-state index contributed by atoms with van der Waals surface area (Å²) in [5.74, 6) is 0.226. The number of carbonyl (C=O) groups excluding carboxylic acids is 2. The number of benzene rings is 3. The Kier molecular flexibility index (Phi) is 7.67. The normalized spacial score (nSPS) is 18.5. The second kappa shape index (κ2) is 11.3. The number of methoxy groups -OCH3 is 1. The van der Waals surface area contributed by atoms with Crippen LogP contribution in [0.15, 0.2) is 83.5 Å². The molecule has 0 aromatic heterocycles. The highest BCUT2D eigenvalue weighted by atomic mass is 35.5. The van der Waals surface area contributed by atoms with Gasteiger partial charge in [-0.15, -0.1) is 11.8 Å². The molecule has 9 nitrogen and oxygen atoms in total. The van der Waals surface area contributed by atoms with E-state index in [4.69, 9.17) is 21.1 Å². The summed E-state index contributed by atoms with van der Waals surface area (Å²) in [4.78, 5) is 43.0. The third kappa shape index (κ3) is 5.52. The number of halogens is 1. The Labute approximate surface area is 233 Å². The van der Waals surface area contributed by atoms with Gasteiger partial charge in [0.25, 0.3) is 11.6 Å². The molecule has 0 unspecified atom stereocenters. The Bertz CT molecular complexity index is 1470. The predicted octanol–water partition coefficient (Wildman–Crippen LogP) is 5.11. The second-order valence-corrected chi connectivity index (χ2v) is 10.3. The Hall–Kier alpha value is -4.15. The first-order chi connectivity index (χ1) is 18.9. The van der Waals surface area contributed by atoms with Gasteiger partial charge in [-0.3, -0.25) is 24.8 Å². The van der Waals surface area contributed by atoms with E-state index in [-0.39, 0.29) is 29.3 Å². The van der Waals surface area contributed by atoms with Crippen molar-refractivity contribution in [3.8, 4) is 5.75 Å². The molecule has 1 fully saturated rings. The number of thioether (sulfide) groups is 1. The first-order valence-corrected chi connectivity index (χ1v) is 13.3. The molecule has 0 spiro atoms. The molecule has 1 amide bonds. The summed E-state index contributed by atoms with van der Waals surface area (Å²) in [6, 6.07) is 19.4. The van der Waals surface area contributed by atoms with Crippen molar-refractivity contribution in [3.05, 3.63) is 110 Å². The number of nitrogens with zero attached hydrogens (tertiary/aromatic N) is 3. The zero-order chi connectivity index (χ0) is 27.5. The number of rotatable bonds is 8. The molecular weight excluding hydrogens is 542 g/mol. The zero-order valence-corrected chi connectivity index (χ0v) is 22.2. The summed E-state index contributed by atoms with van der Waals surface area (Å²) in [5.41, 5.74) is 3.02. The van der Waals surface area contributed by atoms with E-state index in [1.807, 2.05) is 12.1 Å². The summed E-state index contributed by atoms with van der Waals surface area (Å²) in [5, 5.41) is 11.1. The Morgan fingerprint density at radius 1 is 1.13 bits per heavy atom. The molecule has 11 heteroatoms. The van der Waals surface area contributed by atoms with Crippen molar-refractivity contribution >= 4 is 52.7 Å². The number of carbonyl (C=O) groups is 2. The van der Waals surface area contributed by atoms with E-state index in [1.54, 1.807) is 55.6 Å². The molecule has 2 aliphatic rings. The number of hydrogen-bond donors (Lipinski definition) is 0. The lowest BCUT2D eigenvalue weighted by atomic mass is 9.99. The molecule has 1 saturated heterocycles. The molecule has 0 bridgehead atoms. The summed E-state index contributed by atoms with van der Waals surface area (Å²) in [7, 11) is 1.57. The number of β-lactam (4-membered cyclic amide) rings is 1. The Balaban J connectivity index is 1.38. The Morgan fingerprint density at radius 3 is 2.46 bits per heavy atom. The molecule has 2 aliphatic heterocycles. The van der Waals surface area contributed by atoms with Gasteiger partial charge in [-0.25, -0.2) is 4.79 Å². The summed E-state index contributed by atoms with van der Waals surface area (Å²) < 4.78 is 10.8. The van der Waals surface area contributed by atoms with Crippen LogP contribution in [0.5, 0.6) is 5.75 Å². The molecule has 0 radical (unpaired) electrons. The van der Waals surface area contributed by atoms with Crippen LogP contribution in [0.25, 0.3) is 5.57 Å². The van der Waals surface area contributed by atoms with Gasteiger partial charge in [0.05, 0.1) is 12.0 Å². The number of nitro benzene ring substituents is 1. The van der Waals surface area contributed by atoms with Gasteiger partial charge in [0, 0.05) is 34.7 Å². The van der Waals surface area contributed by atoms with Crippen LogP contribution in [0.4, 0.5) is 5.69 Å². The molecule has 0 N–H and O–H groups in total. The SMILES string of the molecule is COc1ccc(COC(=O)C2=C(c3ccc(Cl)cc3)CS[C@H]3[C@@H](N=Cc4ccc([N+](=O)[O-])cc4)C(=O)N23)cc1. The number of aliphatic imine (C=N–C) groups is 1. The molecule has 3 aromatic rings. The van der Waals surface area contributed by atoms with Crippen LogP contribution < -0.4 is 4.74 Å². The maximum atomic E-state index is 13.4. The lowest BCUT2D eigenvalue weighted by Gasteiger charge is -2.48. The van der Waals surface area contributed by atoms with Crippen LogP contribution in [-0.4, -0.2) is 52.2 Å². The van der Waals surface area contributed by atoms with E-state index in [0.717, 1.165) is 11.1 Å². The van der Waals surface area contributed by atoms with E-state index in [9.17, 15) is 19.7 Å². The van der Waals surface area contributed by atoms with Gasteiger partial charge in [-0.2, -0.15) is 0 Å². The van der Waals surface area contributed by atoms with Crippen molar-refractivity contribution in [2.75, 3.05) is 12.9 Å². The molecule has 0 saturated carbocycles. The van der Waals surface area contributed by atoms with Crippen LogP contribution >= 0.6 is 23.4 Å². The minimum Gasteiger partial charge on any atom is -0.497 e. The largest absolute Gasteiger partial charge is 0.497 e. The highest BCUT2D eigenvalue weighted by molar-refractivity contribution is 8.00. The molecule has 2 heterocycles. The fourth-order valence-corrected chi connectivity index (χ4v) is 5.75. The second-order valence-electron chi connectivity index (χ2n) is 8.74. The van der Waals surface area contributed by atoms with Gasteiger partial charge in [-0.05, 0) is 53.1 Å². The van der Waals surface area contributed by atoms with Crippen LogP contribution in [0.2, 0.25) is 5.02 Å². The number of amides is 1. The predicted molar refractivity (Wildman–Crippen MR) is 149 cm³/mol. The average Bonchev–Trinajstić information content (AvgIpc) is 2.96. The van der Waals surface area contributed by atoms with E-state index in [2.05, 4.69) is 4.99 Å². The number of ether oxygens (including phenoxy) is 2. The summed E-state index contributed by atoms with van der Waals surface area (Å²) in [6.45, 7) is 0.0296. The lowest BCUT2D eigenvalue weighted by Crippen LogP contribution is -2.64. The molecule has 2 atom stereocenters. The van der Waals surface area contributed by atoms with E-state index in [1.165, 1.54) is 35.0 Å². The molecular formula is C28H22ClN3O6S. The van der Waals surface area contributed by atoms with Gasteiger partial charge >= 0.3 is 5.97 Å². The number of hydrogen-bond acceptors (Lipinski definition) is 8. The maximum Gasteiger partial charge on any atom is 0.355 e. The third-order valence-corrected chi connectivity index (χ3v) is 7.86. The van der Waals surface area contributed by atoms with Crippen molar-refractivity contribution in [2.24, 2.45) is 4.99 Å². The number of nitro groups is 1. The average molecular weight is 564 g/mol. The highest BCUT2D eigenvalue weighted by Gasteiger charge is 2.54. The van der Waals surface area contributed by atoms with Gasteiger partial charge < -0.3 is 9.47 Å². The van der Waals surface area contributed by atoms with Crippen LogP contribution in [0, 0.1) is 10.1 Å². The topological polar surface area (TPSA) is 111 Å². The number of non-ortho nitro benzene ring substituents is 1. The van der Waals surface area contributed by atoms with Crippen LogP contribution in [0.1, 0.15) is 16.7 Å². The van der Waals surface area contributed by atoms with Crippen molar-refractivity contribution in [3.63, 3.8) is 0 Å². The molecule has 198 valence electrons. The monoisotopic (exact) mass is 563 g/mol. The van der Waals surface area contributed by atoms with Crippen LogP contribution in [-0.2, 0) is 20.9 Å². The van der Waals surface area contributed by atoms with Crippen molar-refractivity contribution in [2.45, 2.75) is 18.0 Å². The fourth-order valence-electron chi connectivity index (χ4n) is 4.25. The first kappa shape index (κ1) is 26.5. The fraction of sp³-hybridized carbons (Fsp3) is 0.179. The quantitative estimate of drug-likeness (QED) is 0.123. The highest BCUT2D eigenvalue weighted by Crippen LogP contribution is 2.45. The first-order valence-electron chi connectivity index (χ1n) is 11.9. The van der Waals surface area contributed by atoms with E-state index < -0.39 is 16.9 Å². The smallest absolute Gasteiger partial charge is 0.355 e. The standard InChI is InChI=1S/C28H22ClN3O6S/c1-37-22-12-4-18(5-13-22)15-38-28(34)25-23(19-6-8-20(29)9-7-19)16-39-27-24(26(33)31(25)27)30-14-17-2-10-21(11-3-17)32(35)36/h2-14,24,27H,15-16H2,1H3/t24-,27-/m0/s1. The van der Waals surface area contributed by atoms with Crippen LogP contribution in [0.3, 0.4) is 0 Å². The van der Waals surface area contributed by atoms with Crippen molar-refractivity contribution in [1.82, 2.24) is 4.90 Å². The number of esters is 1. The molecule has 5 rings (SSSR count). The minimum atomic E-state index is -0.693. The van der Waals surface area contributed by atoms with Crippen molar-refractivity contribution in [1.29, 1.82) is 0 Å². The van der Waals surface area contributed by atoms with E-state index in [0.29, 0.717) is 27.7 Å². The van der Waals surface area contributed by atoms with Gasteiger partial charge in [-0.1, -0.05) is 35.9 Å². The maximum absolute atomic E-state index is 13.4. The Morgan fingerprint density at radius 2 is 1.82 bits per heavy atom. The minimum absolute atomic E-state index is 0.0291. The zero-order valence-electron chi connectivity index (χ0n) is 20.7. The van der Waals surface area contributed by atoms with Crippen molar-refractivity contribution < 1.29 is 24.0 Å². The van der Waals surface area contributed by atoms with Gasteiger partial charge in [0.1, 0.15) is 23.4 Å². The molecule has 3 aromatic carbocycles. The lowest BCUT2D eigenvalue weighted by molar-refractivity contribution is -0.384. The summed E-state index contributed by atoms with van der Waals surface area (Å²) in [6.07, 6.45) is 1.52. The number of fused-ring (bicyclic) bond motifs is 1. The van der Waals surface area contributed by atoms with Gasteiger partial charge in [0.2, 0.25) is 0 Å². The van der Waals surface area contributed by atoms with Gasteiger partial charge in [0.15, 0.2) is 6.04 Å². The third-order valence-electron chi connectivity index (χ3n) is 6.34. The molecule has 0 aliphatic carbocycles. The summed E-state index contributed by atoms with van der Waals surface area (Å²) >= 11 is 7.57.